The van der Waals surface area contributed by atoms with Crippen molar-refractivity contribution in [3.05, 3.63) is 27.2 Å². The summed E-state index contributed by atoms with van der Waals surface area (Å²) in [6.45, 7) is 0. The molecule has 0 radical (unpaired) electrons. The molecule has 1 aromatic rings. The van der Waals surface area contributed by atoms with E-state index in [1.807, 2.05) is 14.1 Å². The van der Waals surface area contributed by atoms with Crippen LogP contribution in [-0.2, 0) is 7.05 Å². The van der Waals surface area contributed by atoms with Gasteiger partial charge in [-0.05, 0) is 6.08 Å². The van der Waals surface area contributed by atoms with Gasteiger partial charge in [-0.15, -0.1) is 0 Å². The largest absolute Gasteiger partial charge is 0.383 e. The van der Waals surface area contributed by atoms with Crippen LogP contribution in [0.5, 0.6) is 0 Å². The van der Waals surface area contributed by atoms with Gasteiger partial charge in [0.05, 0.1) is 4.92 Å². The third-order valence-electron chi connectivity index (χ3n) is 1.74. The van der Waals surface area contributed by atoms with E-state index in [1.54, 1.807) is 24.2 Å². The van der Waals surface area contributed by atoms with Gasteiger partial charge in [0.2, 0.25) is 5.15 Å². The van der Waals surface area contributed by atoms with E-state index >= 15 is 0 Å². The Morgan fingerprint density at radius 3 is 2.67 bits per heavy atom. The van der Waals surface area contributed by atoms with Gasteiger partial charge in [-0.2, -0.15) is 5.10 Å². The van der Waals surface area contributed by atoms with Gasteiger partial charge in [-0.3, -0.25) is 14.8 Å². The number of nitrogens with zero attached hydrogens (tertiary/aromatic N) is 4. The first kappa shape index (κ1) is 11.5. The van der Waals surface area contributed by atoms with Gasteiger partial charge in [-0.1, -0.05) is 11.6 Å². The van der Waals surface area contributed by atoms with Gasteiger partial charge in [0.1, 0.15) is 5.69 Å². The fraction of sp³-hybridized carbons (Fsp3) is 0.375. The van der Waals surface area contributed by atoms with Crippen LogP contribution < -0.4 is 0 Å². The molecule has 0 aliphatic carbocycles. The van der Waals surface area contributed by atoms with Crippen molar-refractivity contribution in [2.45, 2.75) is 0 Å². The van der Waals surface area contributed by atoms with Gasteiger partial charge in [-0.25, -0.2) is 0 Å². The molecule has 6 nitrogen and oxygen atoms in total. The van der Waals surface area contributed by atoms with Gasteiger partial charge in [0, 0.05) is 27.3 Å². The molecule has 1 rings (SSSR count). The van der Waals surface area contributed by atoms with Crippen LogP contribution in [0.15, 0.2) is 6.20 Å². The molecule has 0 spiro atoms. The molecule has 82 valence electrons. The average Bonchev–Trinajstić information content (AvgIpc) is 2.37. The molecule has 7 heteroatoms. The highest BCUT2D eigenvalue weighted by Gasteiger charge is 2.23. The van der Waals surface area contributed by atoms with Crippen molar-refractivity contribution in [1.82, 2.24) is 14.7 Å². The molecule has 0 saturated carbocycles. The number of rotatable bonds is 3. The fourth-order valence-corrected chi connectivity index (χ4v) is 1.35. The molecule has 0 amide bonds. The first-order valence-corrected chi connectivity index (χ1v) is 4.52. The minimum absolute atomic E-state index is 0.0964. The lowest BCUT2D eigenvalue weighted by Gasteiger charge is -2.02. The van der Waals surface area contributed by atoms with Gasteiger partial charge in [0.15, 0.2) is 0 Å². The highest BCUT2D eigenvalue weighted by atomic mass is 35.5. The fourth-order valence-electron chi connectivity index (χ4n) is 1.07. The van der Waals surface area contributed by atoms with Crippen LogP contribution >= 0.6 is 11.6 Å². The Morgan fingerprint density at radius 1 is 1.60 bits per heavy atom. The Labute approximate surface area is 91.9 Å². The molecule has 15 heavy (non-hydrogen) atoms. The van der Waals surface area contributed by atoms with E-state index in [0.717, 1.165) is 0 Å². The van der Waals surface area contributed by atoms with E-state index in [-0.39, 0.29) is 10.8 Å². The van der Waals surface area contributed by atoms with Crippen molar-refractivity contribution < 1.29 is 4.92 Å². The molecular formula is C8H11ClN4O2. The number of aromatic nitrogens is 2. The maximum absolute atomic E-state index is 10.7. The predicted octanol–water partition coefficient (Wildman–Crippen LogP) is 1.51. The quantitative estimate of drug-likeness (QED) is 0.583. The molecule has 0 fully saturated rings. The van der Waals surface area contributed by atoms with E-state index in [4.69, 9.17) is 11.6 Å². The summed E-state index contributed by atoms with van der Waals surface area (Å²) in [6.07, 6.45) is 3.29. The smallest absolute Gasteiger partial charge is 0.333 e. The summed E-state index contributed by atoms with van der Waals surface area (Å²) in [5, 5.41) is 14.4. The maximum Gasteiger partial charge on any atom is 0.333 e. The third kappa shape index (κ3) is 2.47. The second-order valence-corrected chi connectivity index (χ2v) is 3.54. The van der Waals surface area contributed by atoms with Crippen molar-refractivity contribution >= 4 is 23.4 Å². The topological polar surface area (TPSA) is 64.2 Å². The highest BCUT2D eigenvalue weighted by molar-refractivity contribution is 6.31. The minimum Gasteiger partial charge on any atom is -0.383 e. The van der Waals surface area contributed by atoms with Crippen molar-refractivity contribution in [3.63, 3.8) is 0 Å². The van der Waals surface area contributed by atoms with Gasteiger partial charge in [0.25, 0.3) is 0 Å². The lowest BCUT2D eigenvalue weighted by Crippen LogP contribution is -2.01. The zero-order valence-electron chi connectivity index (χ0n) is 8.64. The first-order chi connectivity index (χ1) is 6.93. The number of hydrogen-bond donors (Lipinski definition) is 0. The van der Waals surface area contributed by atoms with Gasteiger partial charge < -0.3 is 4.90 Å². The molecule has 1 heterocycles. The van der Waals surface area contributed by atoms with Crippen LogP contribution in [0.3, 0.4) is 0 Å². The standard InChI is InChI=1S/C8H11ClN4O2/c1-11(2)5-4-6-7(13(14)15)8(9)10-12(6)3/h4-5H,1-3H3. The zero-order valence-corrected chi connectivity index (χ0v) is 9.39. The number of nitro groups is 1. The second kappa shape index (κ2) is 4.31. The first-order valence-electron chi connectivity index (χ1n) is 4.15. The molecule has 0 bridgehead atoms. The third-order valence-corrected chi connectivity index (χ3v) is 1.99. The molecule has 0 aromatic carbocycles. The van der Waals surface area contributed by atoms with Crippen LogP contribution in [-0.4, -0.2) is 33.7 Å². The molecular weight excluding hydrogens is 220 g/mol. The Bertz CT molecular complexity index is 411. The van der Waals surface area contributed by atoms with Crippen LogP contribution in [0.25, 0.3) is 6.08 Å². The van der Waals surface area contributed by atoms with Crippen molar-refractivity contribution in [2.24, 2.45) is 7.05 Å². The van der Waals surface area contributed by atoms with Crippen molar-refractivity contribution in [2.75, 3.05) is 14.1 Å². The monoisotopic (exact) mass is 230 g/mol. The summed E-state index contributed by atoms with van der Waals surface area (Å²) in [5.74, 6) is 0. The summed E-state index contributed by atoms with van der Waals surface area (Å²) in [7, 11) is 5.24. The summed E-state index contributed by atoms with van der Waals surface area (Å²) in [4.78, 5) is 12.0. The molecule has 0 saturated heterocycles. The second-order valence-electron chi connectivity index (χ2n) is 3.18. The Morgan fingerprint density at radius 2 is 2.20 bits per heavy atom. The normalized spacial score (nSPS) is 10.9. The van der Waals surface area contributed by atoms with Gasteiger partial charge >= 0.3 is 5.69 Å². The highest BCUT2D eigenvalue weighted by Crippen LogP contribution is 2.27. The van der Waals surface area contributed by atoms with Crippen LogP contribution in [0.4, 0.5) is 5.69 Å². The average molecular weight is 231 g/mol. The maximum atomic E-state index is 10.7. The predicted molar refractivity (Wildman–Crippen MR) is 57.6 cm³/mol. The summed E-state index contributed by atoms with van der Waals surface area (Å²) < 4.78 is 1.38. The SMILES string of the molecule is CN(C)C=Cc1c([N+](=O)[O-])c(Cl)nn1C. The Hall–Kier alpha value is -1.56. The lowest BCUT2D eigenvalue weighted by molar-refractivity contribution is -0.385. The summed E-state index contributed by atoms with van der Waals surface area (Å²) in [5.41, 5.74) is 0.205. The number of hydrogen-bond acceptors (Lipinski definition) is 4. The summed E-state index contributed by atoms with van der Waals surface area (Å²) >= 11 is 5.64. The van der Waals surface area contributed by atoms with Crippen LogP contribution in [0.1, 0.15) is 5.69 Å². The van der Waals surface area contributed by atoms with Crippen LogP contribution in [0, 0.1) is 10.1 Å². The molecule has 0 atom stereocenters. The van der Waals surface area contributed by atoms with Crippen LogP contribution in [0.2, 0.25) is 5.15 Å². The number of halogens is 1. The lowest BCUT2D eigenvalue weighted by atomic mass is 10.3. The number of aryl methyl sites for hydroxylation is 1. The van der Waals surface area contributed by atoms with E-state index < -0.39 is 4.92 Å². The Balaban J connectivity index is 3.21. The molecule has 1 aromatic heterocycles. The molecule has 0 N–H and O–H groups in total. The van der Waals surface area contributed by atoms with E-state index in [0.29, 0.717) is 5.69 Å². The van der Waals surface area contributed by atoms with E-state index in [1.165, 1.54) is 4.68 Å². The van der Waals surface area contributed by atoms with E-state index in [2.05, 4.69) is 5.10 Å². The zero-order chi connectivity index (χ0) is 11.6. The summed E-state index contributed by atoms with van der Waals surface area (Å²) in [6, 6.07) is 0. The molecule has 0 aliphatic heterocycles. The Kier molecular flexibility index (Phi) is 3.31. The molecule has 0 aliphatic rings. The van der Waals surface area contributed by atoms with E-state index in [9.17, 15) is 10.1 Å². The minimum atomic E-state index is -0.537. The van der Waals surface area contributed by atoms with Crippen molar-refractivity contribution in [1.29, 1.82) is 0 Å². The molecule has 0 unspecified atom stereocenters. The van der Waals surface area contributed by atoms with Crippen molar-refractivity contribution in [3.8, 4) is 0 Å².